The molecular formula is C11H10ClFN2O2S2. The summed E-state index contributed by atoms with van der Waals surface area (Å²) in [6.07, 6.45) is 1.22. The van der Waals surface area contributed by atoms with E-state index in [0.29, 0.717) is 5.69 Å². The number of rotatable bonds is 4. The Hall–Kier alpha value is -1.18. The van der Waals surface area contributed by atoms with Crippen LogP contribution in [-0.4, -0.2) is 19.9 Å². The van der Waals surface area contributed by atoms with Crippen LogP contribution in [0.5, 0.6) is 0 Å². The molecule has 0 aliphatic heterocycles. The van der Waals surface area contributed by atoms with Crippen molar-refractivity contribution in [3.8, 4) is 0 Å². The molecule has 0 saturated carbocycles. The van der Waals surface area contributed by atoms with Crippen molar-refractivity contribution in [1.82, 2.24) is 4.98 Å². The van der Waals surface area contributed by atoms with Gasteiger partial charge in [0, 0.05) is 6.54 Å². The van der Waals surface area contributed by atoms with Gasteiger partial charge in [0.15, 0.2) is 8.68 Å². The molecule has 2 aromatic rings. The highest BCUT2D eigenvalue weighted by molar-refractivity contribution is 7.94. The van der Waals surface area contributed by atoms with Crippen LogP contribution in [0, 0.1) is 5.82 Å². The normalized spacial score (nSPS) is 11.5. The molecule has 1 aromatic heterocycles. The quantitative estimate of drug-likeness (QED) is 0.869. The number of anilines is 1. The molecule has 0 bridgehead atoms. The molecule has 102 valence electrons. The molecule has 1 aromatic carbocycles. The van der Waals surface area contributed by atoms with Crippen LogP contribution in [0.2, 0.25) is 4.47 Å². The van der Waals surface area contributed by atoms with Gasteiger partial charge in [-0.2, -0.15) is 0 Å². The molecule has 19 heavy (non-hydrogen) atoms. The topological polar surface area (TPSA) is 50.3 Å². The van der Waals surface area contributed by atoms with Gasteiger partial charge >= 0.3 is 0 Å². The fourth-order valence-corrected chi connectivity index (χ4v) is 4.45. The van der Waals surface area contributed by atoms with Crippen molar-refractivity contribution in [2.24, 2.45) is 0 Å². The van der Waals surface area contributed by atoms with E-state index in [1.165, 1.54) is 34.8 Å². The summed E-state index contributed by atoms with van der Waals surface area (Å²) in [4.78, 5) is 3.73. The highest BCUT2D eigenvalue weighted by Crippen LogP contribution is 2.28. The maximum absolute atomic E-state index is 12.9. The lowest BCUT2D eigenvalue weighted by Crippen LogP contribution is -2.30. The van der Waals surface area contributed by atoms with Gasteiger partial charge in [-0.05, 0) is 31.2 Å². The van der Waals surface area contributed by atoms with Crippen LogP contribution in [0.4, 0.5) is 10.1 Å². The van der Waals surface area contributed by atoms with Crippen molar-refractivity contribution in [3.63, 3.8) is 0 Å². The number of halogens is 2. The zero-order valence-corrected chi connectivity index (χ0v) is 12.3. The fraction of sp³-hybridized carbons (Fsp3) is 0.182. The van der Waals surface area contributed by atoms with Crippen molar-refractivity contribution in [2.75, 3.05) is 10.8 Å². The lowest BCUT2D eigenvalue weighted by Gasteiger charge is -2.21. The second kappa shape index (κ2) is 5.44. The Bertz CT molecular complexity index is 670. The van der Waals surface area contributed by atoms with E-state index in [2.05, 4.69) is 4.98 Å². The Labute approximate surface area is 119 Å². The van der Waals surface area contributed by atoms with E-state index in [9.17, 15) is 12.8 Å². The van der Waals surface area contributed by atoms with Gasteiger partial charge in [0.2, 0.25) is 0 Å². The summed E-state index contributed by atoms with van der Waals surface area (Å²) >= 11 is 6.54. The minimum absolute atomic E-state index is 0.0590. The number of thiazole rings is 1. The highest BCUT2D eigenvalue weighted by atomic mass is 35.5. The van der Waals surface area contributed by atoms with E-state index < -0.39 is 15.8 Å². The van der Waals surface area contributed by atoms with Crippen molar-refractivity contribution in [1.29, 1.82) is 0 Å². The third-order valence-electron chi connectivity index (χ3n) is 2.40. The van der Waals surface area contributed by atoms with E-state index >= 15 is 0 Å². The van der Waals surface area contributed by atoms with Gasteiger partial charge in [-0.15, -0.1) is 0 Å². The van der Waals surface area contributed by atoms with E-state index in [-0.39, 0.29) is 15.2 Å². The zero-order chi connectivity index (χ0) is 14.0. The van der Waals surface area contributed by atoms with Gasteiger partial charge in [-0.25, -0.2) is 17.8 Å². The molecule has 0 amide bonds. The van der Waals surface area contributed by atoms with Gasteiger partial charge < -0.3 is 0 Å². The Morgan fingerprint density at radius 2 is 2.00 bits per heavy atom. The molecule has 0 radical (unpaired) electrons. The minimum atomic E-state index is -3.71. The fourth-order valence-electron chi connectivity index (χ4n) is 1.57. The number of benzene rings is 1. The van der Waals surface area contributed by atoms with E-state index in [1.807, 2.05) is 0 Å². The molecule has 0 saturated heterocycles. The van der Waals surface area contributed by atoms with Crippen LogP contribution in [0.15, 0.2) is 34.7 Å². The Morgan fingerprint density at radius 3 is 2.47 bits per heavy atom. The standard InChI is InChI=1S/C11H10ClFN2O2S2/c1-2-15(9-5-3-8(13)4-6-9)19(16,17)10-7-14-11(12)18-10/h3-7H,2H2,1H3. The third-order valence-corrected chi connectivity index (χ3v) is 5.86. The number of hydrogen-bond acceptors (Lipinski definition) is 4. The molecule has 0 aliphatic carbocycles. The van der Waals surface area contributed by atoms with Crippen molar-refractivity contribution in [3.05, 3.63) is 40.7 Å². The third kappa shape index (κ3) is 2.88. The molecule has 0 atom stereocenters. The predicted octanol–water partition coefficient (Wildman–Crippen LogP) is 3.15. The van der Waals surface area contributed by atoms with E-state index in [4.69, 9.17) is 11.6 Å². The summed E-state index contributed by atoms with van der Waals surface area (Å²) in [6, 6.07) is 5.26. The molecule has 0 spiro atoms. The maximum atomic E-state index is 12.9. The predicted molar refractivity (Wildman–Crippen MR) is 73.7 cm³/mol. The van der Waals surface area contributed by atoms with Crippen molar-refractivity contribution >= 4 is 38.6 Å². The highest BCUT2D eigenvalue weighted by Gasteiger charge is 2.25. The van der Waals surface area contributed by atoms with Crippen LogP contribution in [-0.2, 0) is 10.0 Å². The number of aromatic nitrogens is 1. The summed E-state index contributed by atoms with van der Waals surface area (Å²) in [5, 5.41) is 0. The second-order valence-electron chi connectivity index (χ2n) is 3.58. The van der Waals surface area contributed by atoms with Gasteiger partial charge in [-0.1, -0.05) is 22.9 Å². The van der Waals surface area contributed by atoms with Crippen LogP contribution >= 0.6 is 22.9 Å². The second-order valence-corrected chi connectivity index (χ2v) is 7.28. The van der Waals surface area contributed by atoms with Crippen LogP contribution in [0.3, 0.4) is 0 Å². The first-order valence-corrected chi connectivity index (χ1v) is 7.98. The summed E-state index contributed by atoms with van der Waals surface area (Å²) < 4.78 is 39.1. The molecule has 0 fully saturated rings. The molecule has 4 nitrogen and oxygen atoms in total. The van der Waals surface area contributed by atoms with Gasteiger partial charge in [0.25, 0.3) is 10.0 Å². The molecule has 1 heterocycles. The van der Waals surface area contributed by atoms with Crippen molar-refractivity contribution < 1.29 is 12.8 Å². The van der Waals surface area contributed by atoms with Gasteiger partial charge in [-0.3, -0.25) is 4.31 Å². The zero-order valence-electron chi connectivity index (χ0n) is 9.88. The first-order valence-electron chi connectivity index (χ1n) is 5.35. The molecule has 0 unspecified atom stereocenters. The molecular weight excluding hydrogens is 311 g/mol. The van der Waals surface area contributed by atoms with Crippen LogP contribution in [0.1, 0.15) is 6.92 Å². The average molecular weight is 321 g/mol. The summed E-state index contributed by atoms with van der Waals surface area (Å²) in [5.41, 5.74) is 0.397. The van der Waals surface area contributed by atoms with E-state index in [0.717, 1.165) is 11.3 Å². The lowest BCUT2D eigenvalue weighted by molar-refractivity contribution is 0.593. The molecule has 8 heteroatoms. The summed E-state index contributed by atoms with van der Waals surface area (Å²) in [6.45, 7) is 1.92. The maximum Gasteiger partial charge on any atom is 0.275 e. The summed E-state index contributed by atoms with van der Waals surface area (Å²) in [7, 11) is -3.71. The molecule has 0 N–H and O–H groups in total. The summed E-state index contributed by atoms with van der Waals surface area (Å²) in [5.74, 6) is -0.418. The average Bonchev–Trinajstić information content (AvgIpc) is 2.80. The van der Waals surface area contributed by atoms with E-state index in [1.54, 1.807) is 6.92 Å². The largest absolute Gasteiger partial charge is 0.275 e. The number of nitrogens with zero attached hydrogens (tertiary/aromatic N) is 2. The Morgan fingerprint density at radius 1 is 1.37 bits per heavy atom. The van der Waals surface area contributed by atoms with Gasteiger partial charge in [0.1, 0.15) is 5.82 Å². The molecule has 2 rings (SSSR count). The first-order chi connectivity index (χ1) is 8.95. The van der Waals surface area contributed by atoms with Gasteiger partial charge in [0.05, 0.1) is 11.9 Å². The smallest absolute Gasteiger partial charge is 0.266 e. The SMILES string of the molecule is CCN(c1ccc(F)cc1)S(=O)(=O)c1cnc(Cl)s1. The molecule has 0 aliphatic rings. The number of sulfonamides is 1. The Kier molecular flexibility index (Phi) is 4.07. The monoisotopic (exact) mass is 320 g/mol. The first kappa shape index (κ1) is 14.2. The minimum Gasteiger partial charge on any atom is -0.266 e. The lowest BCUT2D eigenvalue weighted by atomic mass is 10.3. The number of hydrogen-bond donors (Lipinski definition) is 0. The van der Waals surface area contributed by atoms with Crippen molar-refractivity contribution in [2.45, 2.75) is 11.1 Å². The Balaban J connectivity index is 2.44. The van der Waals surface area contributed by atoms with Crippen LogP contribution in [0.25, 0.3) is 0 Å². The van der Waals surface area contributed by atoms with Crippen LogP contribution < -0.4 is 4.31 Å².